The summed E-state index contributed by atoms with van der Waals surface area (Å²) in [4.78, 5) is 0. The van der Waals surface area contributed by atoms with Crippen LogP contribution in [0.25, 0.3) is 5.57 Å². The fraction of sp³-hybridized carbons (Fsp3) is 0.464. The molecule has 158 valence electrons. The first-order valence-corrected chi connectivity index (χ1v) is 11.6. The average molecular weight is 401 g/mol. The summed E-state index contributed by atoms with van der Waals surface area (Å²) >= 11 is 0. The Morgan fingerprint density at radius 1 is 1.10 bits per heavy atom. The van der Waals surface area contributed by atoms with Crippen LogP contribution in [0.3, 0.4) is 0 Å². The smallest absolute Gasteiger partial charge is 0.0994 e. The number of benzene rings is 2. The van der Waals surface area contributed by atoms with Crippen LogP contribution in [0.2, 0.25) is 0 Å². The summed E-state index contributed by atoms with van der Waals surface area (Å²) < 4.78 is 0. The lowest BCUT2D eigenvalue weighted by molar-refractivity contribution is 0.612. The number of fused-ring (bicyclic) bond motifs is 1. The molecular weight excluding hydrogens is 364 g/mol. The van der Waals surface area contributed by atoms with E-state index in [0.717, 1.165) is 36.4 Å². The molecule has 1 saturated carbocycles. The molecule has 0 aromatic heterocycles. The molecular formula is C28H36N2. The third-order valence-electron chi connectivity index (χ3n) is 6.42. The molecule has 1 aliphatic heterocycles. The summed E-state index contributed by atoms with van der Waals surface area (Å²) in [6.07, 6.45) is 11.5. The fourth-order valence-electron chi connectivity index (χ4n) is 4.72. The van der Waals surface area contributed by atoms with Gasteiger partial charge in [0, 0.05) is 12.2 Å². The van der Waals surface area contributed by atoms with E-state index in [1.807, 2.05) is 6.92 Å². The molecule has 2 aromatic rings. The molecule has 0 atom stereocenters. The molecule has 1 heterocycles. The normalized spacial score (nSPS) is 16.2. The molecule has 0 spiro atoms. The SMILES string of the molecule is CC/C=C(\c1cc(C#N)c(C)cc1C)c1cccc2c1CCCN2.CC1CCCC1. The summed E-state index contributed by atoms with van der Waals surface area (Å²) in [6.45, 7) is 9.70. The molecule has 0 bridgehead atoms. The summed E-state index contributed by atoms with van der Waals surface area (Å²) in [7, 11) is 0. The van der Waals surface area contributed by atoms with Crippen LogP contribution in [-0.4, -0.2) is 6.54 Å². The summed E-state index contributed by atoms with van der Waals surface area (Å²) in [5, 5.41) is 12.9. The second-order valence-electron chi connectivity index (χ2n) is 8.87. The molecule has 1 aliphatic carbocycles. The van der Waals surface area contributed by atoms with Crippen LogP contribution in [0.1, 0.15) is 85.8 Å². The third kappa shape index (κ3) is 5.14. The molecule has 4 rings (SSSR count). The van der Waals surface area contributed by atoms with Gasteiger partial charge in [-0.25, -0.2) is 0 Å². The van der Waals surface area contributed by atoms with Crippen LogP contribution < -0.4 is 5.32 Å². The van der Waals surface area contributed by atoms with Crippen molar-refractivity contribution in [1.82, 2.24) is 0 Å². The number of anilines is 1. The quantitative estimate of drug-likeness (QED) is 0.576. The van der Waals surface area contributed by atoms with Crippen LogP contribution in [0, 0.1) is 31.1 Å². The van der Waals surface area contributed by atoms with Crippen molar-refractivity contribution < 1.29 is 0 Å². The van der Waals surface area contributed by atoms with Crippen molar-refractivity contribution in [2.45, 2.75) is 72.6 Å². The van der Waals surface area contributed by atoms with Crippen LogP contribution in [-0.2, 0) is 6.42 Å². The number of allylic oxidation sites excluding steroid dienone is 1. The molecule has 30 heavy (non-hydrogen) atoms. The van der Waals surface area contributed by atoms with E-state index in [9.17, 15) is 5.26 Å². The van der Waals surface area contributed by atoms with Gasteiger partial charge < -0.3 is 5.32 Å². The van der Waals surface area contributed by atoms with Gasteiger partial charge in [0.25, 0.3) is 0 Å². The predicted octanol–water partition coefficient (Wildman–Crippen LogP) is 7.57. The summed E-state index contributed by atoms with van der Waals surface area (Å²) in [5.74, 6) is 1.05. The number of hydrogen-bond acceptors (Lipinski definition) is 2. The van der Waals surface area contributed by atoms with Gasteiger partial charge in [0.05, 0.1) is 11.6 Å². The number of nitrogens with one attached hydrogen (secondary N) is 1. The highest BCUT2D eigenvalue weighted by atomic mass is 14.9. The number of aryl methyl sites for hydroxylation is 2. The fourth-order valence-corrected chi connectivity index (χ4v) is 4.72. The van der Waals surface area contributed by atoms with E-state index in [-0.39, 0.29) is 0 Å². The highest BCUT2D eigenvalue weighted by Gasteiger charge is 2.18. The number of rotatable bonds is 3. The lowest BCUT2D eigenvalue weighted by Gasteiger charge is -2.23. The van der Waals surface area contributed by atoms with Crippen molar-refractivity contribution >= 4 is 11.3 Å². The van der Waals surface area contributed by atoms with E-state index in [1.54, 1.807) is 0 Å². The minimum absolute atomic E-state index is 0.764. The third-order valence-corrected chi connectivity index (χ3v) is 6.42. The van der Waals surface area contributed by atoms with E-state index < -0.39 is 0 Å². The van der Waals surface area contributed by atoms with E-state index in [2.05, 4.69) is 68.6 Å². The standard InChI is InChI=1S/C22H24N2.C6H12/c1-4-7-18(21-13-17(14-23)15(2)12-16(21)3)19-8-5-10-22-20(19)9-6-11-24-22;1-6-4-2-3-5-6/h5,7-8,10,12-13,24H,4,6,9,11H2,1-3H3;6H,2-5H2,1H3/b18-7-;. The topological polar surface area (TPSA) is 35.8 Å². The van der Waals surface area contributed by atoms with Crippen molar-refractivity contribution in [2.24, 2.45) is 5.92 Å². The van der Waals surface area contributed by atoms with Crippen LogP contribution in [0.5, 0.6) is 0 Å². The summed E-state index contributed by atoms with van der Waals surface area (Å²) in [5.41, 5.74) is 9.44. The van der Waals surface area contributed by atoms with Crippen molar-refractivity contribution in [2.75, 3.05) is 11.9 Å². The molecule has 0 saturated heterocycles. The predicted molar refractivity (Wildman–Crippen MR) is 129 cm³/mol. The lowest BCUT2D eigenvalue weighted by atomic mass is 9.86. The Labute approximate surface area is 183 Å². The minimum Gasteiger partial charge on any atom is -0.385 e. The number of hydrogen-bond donors (Lipinski definition) is 1. The molecule has 1 fully saturated rings. The zero-order valence-corrected chi connectivity index (χ0v) is 19.1. The van der Waals surface area contributed by atoms with E-state index >= 15 is 0 Å². The Hall–Kier alpha value is -2.53. The molecule has 0 unspecified atom stereocenters. The lowest BCUT2D eigenvalue weighted by Crippen LogP contribution is -2.13. The zero-order valence-electron chi connectivity index (χ0n) is 19.1. The molecule has 2 heteroatoms. The van der Waals surface area contributed by atoms with Crippen LogP contribution in [0.4, 0.5) is 5.69 Å². The van der Waals surface area contributed by atoms with Crippen molar-refractivity contribution in [3.63, 3.8) is 0 Å². The Bertz CT molecular complexity index is 940. The van der Waals surface area contributed by atoms with Gasteiger partial charge in [-0.15, -0.1) is 0 Å². The molecule has 2 nitrogen and oxygen atoms in total. The molecule has 2 aliphatic rings. The van der Waals surface area contributed by atoms with Gasteiger partial charge in [-0.1, -0.05) is 63.8 Å². The van der Waals surface area contributed by atoms with Crippen molar-refractivity contribution in [3.8, 4) is 6.07 Å². The maximum Gasteiger partial charge on any atom is 0.0994 e. The Morgan fingerprint density at radius 2 is 1.87 bits per heavy atom. The first-order chi connectivity index (χ1) is 14.5. The molecule has 1 N–H and O–H groups in total. The first-order valence-electron chi connectivity index (χ1n) is 11.6. The largest absolute Gasteiger partial charge is 0.385 e. The Kier molecular flexibility index (Phi) is 7.75. The van der Waals surface area contributed by atoms with E-state index in [1.165, 1.54) is 65.6 Å². The first kappa shape index (κ1) is 22.2. The van der Waals surface area contributed by atoms with Gasteiger partial charge in [0.15, 0.2) is 0 Å². The second-order valence-corrected chi connectivity index (χ2v) is 8.87. The molecule has 0 radical (unpaired) electrons. The Morgan fingerprint density at radius 3 is 2.50 bits per heavy atom. The van der Waals surface area contributed by atoms with Gasteiger partial charge >= 0.3 is 0 Å². The highest BCUT2D eigenvalue weighted by Crippen LogP contribution is 2.35. The summed E-state index contributed by atoms with van der Waals surface area (Å²) in [6, 6.07) is 13.0. The second kappa shape index (κ2) is 10.5. The van der Waals surface area contributed by atoms with Crippen molar-refractivity contribution in [1.29, 1.82) is 5.26 Å². The maximum absolute atomic E-state index is 9.43. The van der Waals surface area contributed by atoms with Crippen LogP contribution >= 0.6 is 0 Å². The van der Waals surface area contributed by atoms with E-state index in [0.29, 0.717) is 0 Å². The van der Waals surface area contributed by atoms with E-state index in [4.69, 9.17) is 0 Å². The minimum atomic E-state index is 0.764. The highest BCUT2D eigenvalue weighted by molar-refractivity contribution is 5.85. The van der Waals surface area contributed by atoms with Gasteiger partial charge in [0.2, 0.25) is 0 Å². The van der Waals surface area contributed by atoms with Crippen molar-refractivity contribution in [3.05, 3.63) is 69.8 Å². The van der Waals surface area contributed by atoms with Gasteiger partial charge in [-0.05, 0) is 84.6 Å². The Balaban J connectivity index is 0.000000367. The number of nitriles is 1. The maximum atomic E-state index is 9.43. The molecule has 2 aromatic carbocycles. The average Bonchev–Trinajstić information content (AvgIpc) is 3.24. The molecule has 0 amide bonds. The van der Waals surface area contributed by atoms with Gasteiger partial charge in [-0.2, -0.15) is 5.26 Å². The number of nitrogens with zero attached hydrogens (tertiary/aromatic N) is 1. The van der Waals surface area contributed by atoms with Crippen LogP contribution in [0.15, 0.2) is 36.4 Å². The monoisotopic (exact) mass is 400 g/mol. The van der Waals surface area contributed by atoms with Gasteiger partial charge in [-0.3, -0.25) is 0 Å². The van der Waals surface area contributed by atoms with Gasteiger partial charge in [0.1, 0.15) is 0 Å². The zero-order chi connectivity index (χ0) is 21.5.